The van der Waals surface area contributed by atoms with Crippen LogP contribution in [0, 0.1) is 0 Å². The summed E-state index contributed by atoms with van der Waals surface area (Å²) in [6, 6.07) is 0. The van der Waals surface area contributed by atoms with Gasteiger partial charge in [0.25, 0.3) is 0 Å². The molecule has 5 heteroatoms. The molecule has 0 spiro atoms. The van der Waals surface area contributed by atoms with Gasteiger partial charge in [0.1, 0.15) is 0 Å². The Morgan fingerprint density at radius 2 is 2.29 bits per heavy atom. The average Bonchev–Trinajstić information content (AvgIpc) is 2.47. The van der Waals surface area contributed by atoms with E-state index in [4.69, 9.17) is 9.84 Å². The van der Waals surface area contributed by atoms with Gasteiger partial charge in [-0.05, 0) is 20.8 Å². The zero-order valence-corrected chi connectivity index (χ0v) is 9.22. The Labute approximate surface area is 86.6 Å². The Hall–Kier alpha value is -0.940. The van der Waals surface area contributed by atoms with Gasteiger partial charge in [0.2, 0.25) is 5.01 Å². The van der Waals surface area contributed by atoms with Crippen molar-refractivity contribution in [3.8, 4) is 0 Å². The number of ether oxygens (including phenoxy) is 1. The van der Waals surface area contributed by atoms with Gasteiger partial charge in [-0.3, -0.25) is 0 Å². The molecule has 1 heterocycles. The fourth-order valence-electron chi connectivity index (χ4n) is 0.762. The standard InChI is InChI=1S/C9H13NO3S/c1-9(2,3)13-4-6-5-14-7(10-6)8(11)12/h5H,4H2,1-3H3,(H,11,12). The predicted molar refractivity (Wildman–Crippen MR) is 53.6 cm³/mol. The van der Waals surface area contributed by atoms with Crippen molar-refractivity contribution in [1.29, 1.82) is 0 Å². The molecule has 1 aromatic rings. The lowest BCUT2D eigenvalue weighted by Crippen LogP contribution is -2.18. The van der Waals surface area contributed by atoms with Crippen molar-refractivity contribution in [2.24, 2.45) is 0 Å². The monoisotopic (exact) mass is 215 g/mol. The van der Waals surface area contributed by atoms with E-state index in [0.29, 0.717) is 12.3 Å². The Morgan fingerprint density at radius 1 is 1.64 bits per heavy atom. The quantitative estimate of drug-likeness (QED) is 0.839. The van der Waals surface area contributed by atoms with Crippen molar-refractivity contribution in [2.75, 3.05) is 0 Å². The molecule has 0 aliphatic carbocycles. The van der Waals surface area contributed by atoms with Gasteiger partial charge in [-0.25, -0.2) is 9.78 Å². The maximum absolute atomic E-state index is 10.5. The minimum absolute atomic E-state index is 0.109. The molecule has 0 saturated carbocycles. The van der Waals surface area contributed by atoms with Gasteiger partial charge in [0.15, 0.2) is 0 Å². The molecule has 1 N–H and O–H groups in total. The number of rotatable bonds is 3. The van der Waals surface area contributed by atoms with Crippen molar-refractivity contribution in [2.45, 2.75) is 33.0 Å². The third kappa shape index (κ3) is 3.43. The molecule has 0 fully saturated rings. The molecule has 14 heavy (non-hydrogen) atoms. The smallest absolute Gasteiger partial charge is 0.365 e. The number of carboxylic acid groups (broad SMARTS) is 1. The van der Waals surface area contributed by atoms with Crippen LogP contribution in [0.5, 0.6) is 0 Å². The molecule has 1 aromatic heterocycles. The Balaban J connectivity index is 2.56. The van der Waals surface area contributed by atoms with Crippen molar-refractivity contribution in [3.05, 3.63) is 16.1 Å². The number of aromatic carboxylic acids is 1. The highest BCUT2D eigenvalue weighted by molar-refractivity contribution is 7.11. The number of hydrogen-bond acceptors (Lipinski definition) is 4. The van der Waals surface area contributed by atoms with Crippen LogP contribution in [0.3, 0.4) is 0 Å². The maximum Gasteiger partial charge on any atom is 0.365 e. The molecule has 0 aromatic carbocycles. The summed E-state index contributed by atoms with van der Waals surface area (Å²) < 4.78 is 5.46. The van der Waals surface area contributed by atoms with E-state index in [-0.39, 0.29) is 10.6 Å². The second-order valence-corrected chi connectivity index (χ2v) is 4.71. The Morgan fingerprint density at radius 3 is 2.71 bits per heavy atom. The van der Waals surface area contributed by atoms with E-state index in [9.17, 15) is 4.79 Å². The van der Waals surface area contributed by atoms with Crippen LogP contribution in [0.25, 0.3) is 0 Å². The predicted octanol–water partition coefficient (Wildman–Crippen LogP) is 2.16. The largest absolute Gasteiger partial charge is 0.476 e. The Kier molecular flexibility index (Phi) is 3.23. The zero-order valence-electron chi connectivity index (χ0n) is 8.40. The SMILES string of the molecule is CC(C)(C)OCc1csc(C(=O)O)n1. The van der Waals surface area contributed by atoms with Crippen molar-refractivity contribution < 1.29 is 14.6 Å². The van der Waals surface area contributed by atoms with Gasteiger partial charge < -0.3 is 9.84 Å². The highest BCUT2D eigenvalue weighted by Crippen LogP contribution is 2.14. The molecule has 0 radical (unpaired) electrons. The topological polar surface area (TPSA) is 59.4 Å². The molecular weight excluding hydrogens is 202 g/mol. The van der Waals surface area contributed by atoms with Crippen LogP contribution >= 0.6 is 11.3 Å². The first kappa shape index (κ1) is 11.1. The molecule has 78 valence electrons. The first-order valence-corrected chi connectivity index (χ1v) is 5.08. The van der Waals surface area contributed by atoms with Crippen LogP contribution in [-0.2, 0) is 11.3 Å². The van der Waals surface area contributed by atoms with Crippen LogP contribution in [0.4, 0.5) is 0 Å². The molecule has 0 atom stereocenters. The van der Waals surface area contributed by atoms with E-state index in [1.54, 1.807) is 5.38 Å². The van der Waals surface area contributed by atoms with Crippen LogP contribution < -0.4 is 0 Å². The number of nitrogens with zero attached hydrogens (tertiary/aromatic N) is 1. The minimum atomic E-state index is -0.989. The zero-order chi connectivity index (χ0) is 10.8. The van der Waals surface area contributed by atoms with Crippen molar-refractivity contribution >= 4 is 17.3 Å². The third-order valence-corrected chi connectivity index (χ3v) is 2.27. The number of carboxylic acids is 1. The van der Waals surface area contributed by atoms with Crippen LogP contribution in [0.15, 0.2) is 5.38 Å². The first-order valence-electron chi connectivity index (χ1n) is 4.20. The molecule has 0 saturated heterocycles. The summed E-state index contributed by atoms with van der Waals surface area (Å²) in [6.07, 6.45) is 0. The Bertz CT molecular complexity index is 327. The third-order valence-electron chi connectivity index (χ3n) is 1.39. The molecule has 0 aliphatic rings. The van der Waals surface area contributed by atoms with E-state index in [1.165, 1.54) is 0 Å². The number of thiazole rings is 1. The fourth-order valence-corrected chi connectivity index (χ4v) is 1.40. The summed E-state index contributed by atoms with van der Waals surface area (Å²) >= 11 is 1.12. The summed E-state index contributed by atoms with van der Waals surface area (Å²) in [5.74, 6) is -0.989. The minimum Gasteiger partial charge on any atom is -0.476 e. The van der Waals surface area contributed by atoms with E-state index >= 15 is 0 Å². The van der Waals surface area contributed by atoms with Gasteiger partial charge in [0.05, 0.1) is 17.9 Å². The fraction of sp³-hybridized carbons (Fsp3) is 0.556. The molecule has 0 aliphatic heterocycles. The highest BCUT2D eigenvalue weighted by atomic mass is 32.1. The number of hydrogen-bond donors (Lipinski definition) is 1. The summed E-state index contributed by atoms with van der Waals surface area (Å²) in [4.78, 5) is 14.4. The summed E-state index contributed by atoms with van der Waals surface area (Å²) in [5.41, 5.74) is 0.440. The van der Waals surface area contributed by atoms with Gasteiger partial charge in [-0.1, -0.05) is 0 Å². The molecule has 0 amide bonds. The average molecular weight is 215 g/mol. The highest BCUT2D eigenvalue weighted by Gasteiger charge is 2.13. The lowest BCUT2D eigenvalue weighted by atomic mass is 10.2. The van der Waals surface area contributed by atoms with Gasteiger partial charge in [-0.2, -0.15) is 0 Å². The first-order chi connectivity index (χ1) is 6.38. The molecule has 0 unspecified atom stereocenters. The lowest BCUT2D eigenvalue weighted by molar-refractivity contribution is -0.0163. The van der Waals surface area contributed by atoms with E-state index in [2.05, 4.69) is 4.98 Å². The van der Waals surface area contributed by atoms with Crippen LogP contribution in [0.2, 0.25) is 0 Å². The van der Waals surface area contributed by atoms with Gasteiger partial charge in [-0.15, -0.1) is 11.3 Å². The second kappa shape index (κ2) is 4.06. The summed E-state index contributed by atoms with van der Waals surface area (Å²) in [6.45, 7) is 6.18. The van der Waals surface area contributed by atoms with Gasteiger partial charge in [0, 0.05) is 5.38 Å². The second-order valence-electron chi connectivity index (χ2n) is 3.85. The van der Waals surface area contributed by atoms with E-state index in [0.717, 1.165) is 11.3 Å². The van der Waals surface area contributed by atoms with E-state index < -0.39 is 5.97 Å². The van der Waals surface area contributed by atoms with Crippen LogP contribution in [-0.4, -0.2) is 21.7 Å². The van der Waals surface area contributed by atoms with Crippen LogP contribution in [0.1, 0.15) is 36.3 Å². The normalized spacial score (nSPS) is 11.6. The maximum atomic E-state index is 10.5. The van der Waals surface area contributed by atoms with E-state index in [1.807, 2.05) is 20.8 Å². The lowest BCUT2D eigenvalue weighted by Gasteiger charge is -2.18. The van der Waals surface area contributed by atoms with Gasteiger partial charge >= 0.3 is 5.97 Å². The number of aromatic nitrogens is 1. The van der Waals surface area contributed by atoms with Crippen molar-refractivity contribution in [1.82, 2.24) is 4.98 Å². The summed E-state index contributed by atoms with van der Waals surface area (Å²) in [7, 11) is 0. The number of carbonyl (C=O) groups is 1. The van der Waals surface area contributed by atoms with Crippen molar-refractivity contribution in [3.63, 3.8) is 0 Å². The molecule has 4 nitrogen and oxygen atoms in total. The molecule has 1 rings (SSSR count). The molecular formula is C9H13NO3S. The molecule has 0 bridgehead atoms. The summed E-state index contributed by atoms with van der Waals surface area (Å²) in [5, 5.41) is 10.4.